The third kappa shape index (κ3) is 2.54. The van der Waals surface area contributed by atoms with Crippen molar-refractivity contribution in [1.29, 1.82) is 0 Å². The van der Waals surface area contributed by atoms with Crippen molar-refractivity contribution in [2.75, 3.05) is 0 Å². The Hall–Kier alpha value is 0.310. The number of hydrogen-bond donors (Lipinski definition) is 0. The van der Waals surface area contributed by atoms with E-state index in [2.05, 4.69) is 6.92 Å². The molecule has 0 spiro atoms. The Kier molecular flexibility index (Phi) is 3.68. The lowest BCUT2D eigenvalue weighted by atomic mass is 10.6. The molecule has 0 aliphatic heterocycles. The first-order valence-corrected chi connectivity index (χ1v) is 2.77. The highest BCUT2D eigenvalue weighted by Gasteiger charge is 2.11. The van der Waals surface area contributed by atoms with Crippen molar-refractivity contribution in [3.05, 3.63) is 6.92 Å². The molecule has 0 saturated heterocycles. The SMILES string of the molecule is [CH2]CC(Cl)[S+]=O. The third-order valence-corrected chi connectivity index (χ3v) is 1.21. The van der Waals surface area contributed by atoms with Crippen LogP contribution in [0.3, 0.4) is 0 Å². The Labute approximate surface area is 46.2 Å². The number of halogens is 1. The molecule has 0 heterocycles. The molecule has 3 heteroatoms. The fourth-order valence-electron chi connectivity index (χ4n) is 0.0481. The van der Waals surface area contributed by atoms with Crippen LogP contribution in [0.4, 0.5) is 0 Å². The molecule has 0 amide bonds. The minimum atomic E-state index is -0.343. The molecule has 0 aromatic heterocycles. The first-order chi connectivity index (χ1) is 2.81. The van der Waals surface area contributed by atoms with E-state index in [4.69, 9.17) is 11.6 Å². The van der Waals surface area contributed by atoms with Crippen LogP contribution in [-0.4, -0.2) is 4.71 Å². The van der Waals surface area contributed by atoms with Gasteiger partial charge in [-0.05, 0) is 18.5 Å². The van der Waals surface area contributed by atoms with Crippen LogP contribution in [0.2, 0.25) is 0 Å². The van der Waals surface area contributed by atoms with Gasteiger partial charge in [0, 0.05) is 10.6 Å². The smallest absolute Gasteiger partial charge is 0.0496 e. The van der Waals surface area contributed by atoms with Gasteiger partial charge in [0.2, 0.25) is 0 Å². The summed E-state index contributed by atoms with van der Waals surface area (Å²) in [5, 5.41) is 0. The van der Waals surface area contributed by atoms with Crippen LogP contribution in [0, 0.1) is 6.92 Å². The number of hydrogen-bond acceptors (Lipinski definition) is 1. The van der Waals surface area contributed by atoms with E-state index >= 15 is 0 Å². The van der Waals surface area contributed by atoms with Gasteiger partial charge in [-0.1, -0.05) is 0 Å². The van der Waals surface area contributed by atoms with E-state index in [1.807, 2.05) is 0 Å². The first kappa shape index (κ1) is 6.31. The van der Waals surface area contributed by atoms with Crippen LogP contribution in [-0.2, 0) is 15.9 Å². The van der Waals surface area contributed by atoms with Gasteiger partial charge in [0.05, 0.1) is 0 Å². The van der Waals surface area contributed by atoms with Crippen LogP contribution in [0.15, 0.2) is 0 Å². The topological polar surface area (TPSA) is 17.1 Å². The Morgan fingerprint density at radius 2 is 2.50 bits per heavy atom. The highest BCUT2D eigenvalue weighted by atomic mass is 35.5. The molecule has 0 aliphatic rings. The molecular formula is C3H5ClOS+. The zero-order chi connectivity index (χ0) is 4.99. The summed E-state index contributed by atoms with van der Waals surface area (Å²) in [5.41, 5.74) is 0. The number of rotatable bonds is 2. The lowest BCUT2D eigenvalue weighted by Gasteiger charge is -1.71. The van der Waals surface area contributed by atoms with Crippen molar-refractivity contribution in [3.8, 4) is 0 Å². The standard InChI is InChI=1S/C3H5ClOS/c1-2-3(4)6-5/h3H,1-2H2/q+1. The van der Waals surface area contributed by atoms with Gasteiger partial charge < -0.3 is 0 Å². The summed E-state index contributed by atoms with van der Waals surface area (Å²) >= 11 is 5.62. The van der Waals surface area contributed by atoms with Crippen LogP contribution in [0.1, 0.15) is 6.42 Å². The van der Waals surface area contributed by atoms with Gasteiger partial charge in [0.1, 0.15) is 0 Å². The van der Waals surface area contributed by atoms with Crippen LogP contribution < -0.4 is 0 Å². The molecule has 1 radical (unpaired) electrons. The molecule has 0 N–H and O–H groups in total. The normalized spacial score (nSPS) is 13.7. The lowest BCUT2D eigenvalue weighted by molar-refractivity contribution is 0.603. The second-order valence-electron chi connectivity index (χ2n) is 0.795. The average molecular weight is 125 g/mol. The fourth-order valence-corrected chi connectivity index (χ4v) is 0.144. The zero-order valence-electron chi connectivity index (χ0n) is 3.19. The zero-order valence-corrected chi connectivity index (χ0v) is 4.76. The van der Waals surface area contributed by atoms with Gasteiger partial charge in [-0.2, -0.15) is 0 Å². The van der Waals surface area contributed by atoms with Crippen LogP contribution in [0.25, 0.3) is 0 Å². The molecule has 0 aliphatic carbocycles. The summed E-state index contributed by atoms with van der Waals surface area (Å²) in [7, 11) is 0. The van der Waals surface area contributed by atoms with E-state index in [-0.39, 0.29) is 4.71 Å². The quantitative estimate of drug-likeness (QED) is 0.400. The summed E-state index contributed by atoms with van der Waals surface area (Å²) in [6.07, 6.45) is 0.496. The maximum atomic E-state index is 9.61. The summed E-state index contributed by atoms with van der Waals surface area (Å²) in [5.74, 6) is 0. The Bertz CT molecular complexity index is 48.1. The van der Waals surface area contributed by atoms with E-state index < -0.39 is 0 Å². The maximum Gasteiger partial charge on any atom is 0.479 e. The van der Waals surface area contributed by atoms with Crippen molar-refractivity contribution in [2.45, 2.75) is 11.1 Å². The summed E-state index contributed by atoms with van der Waals surface area (Å²) < 4.78 is 9.26. The van der Waals surface area contributed by atoms with E-state index in [0.717, 1.165) is 0 Å². The maximum absolute atomic E-state index is 9.61. The molecule has 0 fully saturated rings. The van der Waals surface area contributed by atoms with E-state index in [0.29, 0.717) is 18.1 Å². The molecule has 35 valence electrons. The van der Waals surface area contributed by atoms with Crippen LogP contribution >= 0.6 is 11.6 Å². The fraction of sp³-hybridized carbons (Fsp3) is 0.667. The Morgan fingerprint density at radius 3 is 2.50 bits per heavy atom. The summed E-state index contributed by atoms with van der Waals surface area (Å²) in [6.45, 7) is 3.40. The Morgan fingerprint density at radius 1 is 2.00 bits per heavy atom. The van der Waals surface area contributed by atoms with E-state index in [1.165, 1.54) is 0 Å². The van der Waals surface area contributed by atoms with E-state index in [9.17, 15) is 4.21 Å². The second kappa shape index (κ2) is 3.50. The summed E-state index contributed by atoms with van der Waals surface area (Å²) in [4.78, 5) is 0. The molecule has 0 bridgehead atoms. The lowest BCUT2D eigenvalue weighted by Crippen LogP contribution is -1.88. The highest BCUT2D eigenvalue weighted by molar-refractivity contribution is 7.68. The molecule has 0 rings (SSSR count). The largest absolute Gasteiger partial charge is 0.479 e. The molecule has 0 aromatic rings. The van der Waals surface area contributed by atoms with Gasteiger partial charge in [0.15, 0.2) is 0 Å². The van der Waals surface area contributed by atoms with Crippen molar-refractivity contribution in [1.82, 2.24) is 0 Å². The predicted octanol–water partition coefficient (Wildman–Crippen LogP) is 1.20. The highest BCUT2D eigenvalue weighted by Crippen LogP contribution is 1.96. The van der Waals surface area contributed by atoms with E-state index in [1.54, 1.807) is 0 Å². The Balaban J connectivity index is 2.96. The monoisotopic (exact) mass is 124 g/mol. The molecular weight excluding hydrogens is 120 g/mol. The molecule has 1 atom stereocenters. The van der Waals surface area contributed by atoms with Crippen molar-refractivity contribution < 1.29 is 4.21 Å². The van der Waals surface area contributed by atoms with Crippen molar-refractivity contribution >= 4 is 23.3 Å². The molecule has 0 saturated carbocycles. The molecule has 1 unspecified atom stereocenters. The minimum Gasteiger partial charge on any atom is -0.0496 e. The summed E-state index contributed by atoms with van der Waals surface area (Å²) in [6, 6.07) is 0. The number of alkyl halides is 1. The molecule has 1 nitrogen and oxygen atoms in total. The second-order valence-corrected chi connectivity index (χ2v) is 2.34. The third-order valence-electron chi connectivity index (χ3n) is 0.331. The predicted molar refractivity (Wildman–Crippen MR) is 27.7 cm³/mol. The van der Waals surface area contributed by atoms with Gasteiger partial charge in [-0.3, -0.25) is 0 Å². The van der Waals surface area contributed by atoms with Gasteiger partial charge in [-0.25, -0.2) is 0 Å². The molecule has 0 aromatic carbocycles. The van der Waals surface area contributed by atoms with Gasteiger partial charge in [-0.15, -0.1) is 0 Å². The van der Waals surface area contributed by atoms with Crippen molar-refractivity contribution in [2.24, 2.45) is 0 Å². The van der Waals surface area contributed by atoms with Crippen LogP contribution in [0.5, 0.6) is 0 Å². The minimum absolute atomic E-state index is 0.343. The first-order valence-electron chi connectivity index (χ1n) is 1.53. The van der Waals surface area contributed by atoms with Crippen molar-refractivity contribution in [3.63, 3.8) is 0 Å². The van der Waals surface area contributed by atoms with Gasteiger partial charge >= 0.3 is 16.4 Å². The van der Waals surface area contributed by atoms with Gasteiger partial charge in [0.25, 0.3) is 0 Å². The average Bonchev–Trinajstić information content (AvgIpc) is 1.65. The molecule has 6 heavy (non-hydrogen) atoms.